The molecule has 0 aliphatic carbocycles. The minimum atomic E-state index is -1.06. The first kappa shape index (κ1) is 17.9. The Hall–Kier alpha value is -2.13. The molecule has 0 aliphatic rings. The van der Waals surface area contributed by atoms with Crippen LogP contribution in [0.5, 0.6) is 0 Å². The van der Waals surface area contributed by atoms with Gasteiger partial charge in [0.05, 0.1) is 0 Å². The summed E-state index contributed by atoms with van der Waals surface area (Å²) in [7, 11) is 0. The Morgan fingerprint density at radius 2 is 1.90 bits per heavy atom. The van der Waals surface area contributed by atoms with Gasteiger partial charge in [-0.3, -0.25) is 4.79 Å². The van der Waals surface area contributed by atoms with Crippen molar-refractivity contribution in [2.75, 3.05) is 13.2 Å². The molecule has 0 radical (unpaired) electrons. The molecular weight excluding hydrogens is 274 g/mol. The van der Waals surface area contributed by atoms with E-state index in [1.807, 2.05) is 13.8 Å². The highest BCUT2D eigenvalue weighted by molar-refractivity contribution is 5.75. The quantitative estimate of drug-likeness (QED) is 0.438. The third kappa shape index (κ3) is 11.0. The van der Waals surface area contributed by atoms with Crippen LogP contribution in [0.2, 0.25) is 0 Å². The van der Waals surface area contributed by atoms with Gasteiger partial charge in [0, 0.05) is 13.0 Å². The van der Waals surface area contributed by atoms with Gasteiger partial charge in [-0.25, -0.2) is 0 Å². The fraction of sp³-hybridized carbons (Fsp3) is 0.900. The number of nitrogens with zero attached hydrogens (tertiary/aromatic N) is 2. The summed E-state index contributed by atoms with van der Waals surface area (Å²) in [4.78, 5) is 39.9. The predicted octanol–water partition coefficient (Wildman–Crippen LogP) is 0.714. The summed E-state index contributed by atoms with van der Waals surface area (Å²) in [5.74, 6) is 0.159. The Balaban J connectivity index is 3.96. The van der Waals surface area contributed by atoms with Crippen molar-refractivity contribution in [3.8, 4) is 0 Å². The normalized spacial score (nSPS) is 11.8. The molecule has 0 aromatic rings. The molecule has 10 heteroatoms. The summed E-state index contributed by atoms with van der Waals surface area (Å²) in [5.41, 5.74) is 0. The number of carbonyl (C=O) groups excluding carboxylic acids is 1. The van der Waals surface area contributed by atoms with Crippen molar-refractivity contribution in [3.05, 3.63) is 20.2 Å². The van der Waals surface area contributed by atoms with Crippen molar-refractivity contribution in [2.24, 2.45) is 5.92 Å². The molecular formula is C10H19N3O7. The molecule has 0 saturated heterocycles. The van der Waals surface area contributed by atoms with E-state index >= 15 is 0 Å². The molecule has 0 bridgehead atoms. The van der Waals surface area contributed by atoms with Gasteiger partial charge < -0.3 is 15.0 Å². The van der Waals surface area contributed by atoms with Crippen molar-refractivity contribution in [1.29, 1.82) is 0 Å². The molecule has 0 heterocycles. The predicted molar refractivity (Wildman–Crippen MR) is 66.5 cm³/mol. The lowest BCUT2D eigenvalue weighted by Crippen LogP contribution is -2.28. The van der Waals surface area contributed by atoms with Crippen LogP contribution >= 0.6 is 0 Å². The molecule has 1 atom stereocenters. The third-order valence-corrected chi connectivity index (χ3v) is 2.24. The van der Waals surface area contributed by atoms with Crippen LogP contribution in [0, 0.1) is 26.1 Å². The maximum Gasteiger partial charge on any atom is 0.294 e. The van der Waals surface area contributed by atoms with Gasteiger partial charge in [0.15, 0.2) is 0 Å². The number of hydrogen-bond acceptors (Lipinski definition) is 7. The Kier molecular flexibility index (Phi) is 8.72. The maximum atomic E-state index is 11.4. The number of carbonyl (C=O) groups is 1. The van der Waals surface area contributed by atoms with Crippen LogP contribution in [-0.4, -0.2) is 35.3 Å². The minimum absolute atomic E-state index is 0.115. The van der Waals surface area contributed by atoms with Gasteiger partial charge in [0.2, 0.25) is 5.91 Å². The van der Waals surface area contributed by atoms with Crippen LogP contribution in [0.25, 0.3) is 0 Å². The molecule has 1 N–H and O–H groups in total. The second-order valence-electron chi connectivity index (χ2n) is 4.56. The molecule has 1 amide bonds. The zero-order valence-corrected chi connectivity index (χ0v) is 11.4. The molecule has 116 valence electrons. The first-order valence-corrected chi connectivity index (χ1v) is 6.16. The highest BCUT2D eigenvalue weighted by atomic mass is 17.0. The Morgan fingerprint density at radius 1 is 1.25 bits per heavy atom. The number of nitrogens with one attached hydrogen (secondary N) is 1. The summed E-state index contributed by atoms with van der Waals surface area (Å²) >= 11 is 0. The van der Waals surface area contributed by atoms with Crippen molar-refractivity contribution in [1.82, 2.24) is 5.32 Å². The molecule has 0 aromatic carbocycles. The lowest BCUT2D eigenvalue weighted by Gasteiger charge is -2.13. The van der Waals surface area contributed by atoms with Crippen molar-refractivity contribution in [2.45, 2.75) is 39.2 Å². The second-order valence-corrected chi connectivity index (χ2v) is 4.56. The lowest BCUT2D eigenvalue weighted by molar-refractivity contribution is -0.790. The highest BCUT2D eigenvalue weighted by Gasteiger charge is 2.16. The van der Waals surface area contributed by atoms with E-state index in [1.165, 1.54) is 0 Å². The van der Waals surface area contributed by atoms with Gasteiger partial charge in [-0.15, -0.1) is 20.2 Å². The van der Waals surface area contributed by atoms with E-state index in [9.17, 15) is 25.0 Å². The standard InChI is InChI=1S/C10H19N3O7/c1-8(2)6-11-10(14)5-3-4-9(20-13(17)18)7-19-12(15)16/h8-9H,3-7H2,1-2H3,(H,11,14). The van der Waals surface area contributed by atoms with Crippen molar-refractivity contribution < 1.29 is 24.6 Å². The number of rotatable bonds is 11. The van der Waals surface area contributed by atoms with Crippen LogP contribution < -0.4 is 5.32 Å². The topological polar surface area (TPSA) is 134 Å². The van der Waals surface area contributed by atoms with E-state index in [-0.39, 0.29) is 18.7 Å². The van der Waals surface area contributed by atoms with Crippen LogP contribution in [0.3, 0.4) is 0 Å². The molecule has 0 aliphatic heterocycles. The third-order valence-electron chi connectivity index (χ3n) is 2.24. The van der Waals surface area contributed by atoms with Gasteiger partial charge >= 0.3 is 0 Å². The zero-order chi connectivity index (χ0) is 15.5. The maximum absolute atomic E-state index is 11.4. The fourth-order valence-corrected chi connectivity index (χ4v) is 1.33. The largest absolute Gasteiger partial charge is 0.356 e. The van der Waals surface area contributed by atoms with Crippen LogP contribution in [0.15, 0.2) is 0 Å². The van der Waals surface area contributed by atoms with Crippen molar-refractivity contribution in [3.63, 3.8) is 0 Å². The molecule has 0 saturated carbocycles. The smallest absolute Gasteiger partial charge is 0.294 e. The van der Waals surface area contributed by atoms with Gasteiger partial charge in [0.25, 0.3) is 10.2 Å². The SMILES string of the molecule is CC(C)CNC(=O)CCCC(CO[N+](=O)[O-])O[N+](=O)[O-]. The second kappa shape index (κ2) is 9.75. The Bertz CT molecular complexity index is 335. The molecule has 0 rings (SSSR count). The molecule has 10 nitrogen and oxygen atoms in total. The number of amides is 1. The zero-order valence-electron chi connectivity index (χ0n) is 11.4. The van der Waals surface area contributed by atoms with Gasteiger partial charge in [0.1, 0.15) is 12.7 Å². The average molecular weight is 293 g/mol. The lowest BCUT2D eigenvalue weighted by atomic mass is 10.1. The Labute approximate surface area is 115 Å². The van der Waals surface area contributed by atoms with E-state index in [4.69, 9.17) is 0 Å². The molecule has 1 unspecified atom stereocenters. The van der Waals surface area contributed by atoms with E-state index in [0.717, 1.165) is 0 Å². The van der Waals surface area contributed by atoms with Crippen LogP contribution in [-0.2, 0) is 14.5 Å². The molecule has 0 fully saturated rings. The van der Waals surface area contributed by atoms with E-state index in [1.54, 1.807) is 0 Å². The van der Waals surface area contributed by atoms with Crippen molar-refractivity contribution >= 4 is 5.91 Å². The summed E-state index contributed by atoms with van der Waals surface area (Å²) in [6.07, 6.45) is -0.468. The average Bonchev–Trinajstić information content (AvgIpc) is 2.32. The van der Waals surface area contributed by atoms with Gasteiger partial charge in [-0.2, -0.15) is 0 Å². The Morgan fingerprint density at radius 3 is 2.40 bits per heavy atom. The van der Waals surface area contributed by atoms with E-state index < -0.39 is 22.9 Å². The van der Waals surface area contributed by atoms with E-state index in [2.05, 4.69) is 15.0 Å². The van der Waals surface area contributed by atoms with Crippen LogP contribution in [0.4, 0.5) is 0 Å². The minimum Gasteiger partial charge on any atom is -0.356 e. The van der Waals surface area contributed by atoms with Gasteiger partial charge in [-0.1, -0.05) is 13.8 Å². The molecule has 0 spiro atoms. The first-order valence-electron chi connectivity index (χ1n) is 6.16. The molecule has 20 heavy (non-hydrogen) atoms. The summed E-state index contributed by atoms with van der Waals surface area (Å²) in [5, 5.41) is 20.8. The summed E-state index contributed by atoms with van der Waals surface area (Å²) in [6.45, 7) is 3.92. The van der Waals surface area contributed by atoms with Gasteiger partial charge in [-0.05, 0) is 18.8 Å². The highest BCUT2D eigenvalue weighted by Crippen LogP contribution is 2.06. The number of hydrogen-bond donors (Lipinski definition) is 1. The monoisotopic (exact) mass is 293 g/mol. The summed E-state index contributed by atoms with van der Waals surface area (Å²) < 4.78 is 0. The fourth-order valence-electron chi connectivity index (χ4n) is 1.33. The molecule has 0 aromatic heterocycles. The van der Waals surface area contributed by atoms with E-state index in [0.29, 0.717) is 18.9 Å². The summed E-state index contributed by atoms with van der Waals surface area (Å²) in [6, 6.07) is 0. The first-order chi connectivity index (χ1) is 9.31. The van der Waals surface area contributed by atoms with Crippen LogP contribution in [0.1, 0.15) is 33.1 Å².